The summed E-state index contributed by atoms with van der Waals surface area (Å²) in [5, 5.41) is 9.41. The molecule has 1 aromatic rings. The van der Waals surface area contributed by atoms with E-state index in [4.69, 9.17) is 4.74 Å². The number of hydrogen-bond donors (Lipinski definition) is 2. The average molecular weight is 196 g/mol. The number of aromatic hydroxyl groups is 1. The third-order valence-corrected chi connectivity index (χ3v) is 1.83. The molecule has 0 amide bonds. The second-order valence-corrected chi connectivity index (χ2v) is 2.88. The summed E-state index contributed by atoms with van der Waals surface area (Å²) in [5.74, 6) is 1.33. The number of ether oxygens (including phenoxy) is 1. The summed E-state index contributed by atoms with van der Waals surface area (Å²) in [5.41, 5.74) is 0.937. The summed E-state index contributed by atoms with van der Waals surface area (Å²) in [6.45, 7) is 0. The first kappa shape index (κ1) is 9.99. The third kappa shape index (κ3) is 2.70. The van der Waals surface area contributed by atoms with Crippen LogP contribution in [0.2, 0.25) is 0 Å². The van der Waals surface area contributed by atoms with E-state index in [1.165, 1.54) is 7.11 Å². The van der Waals surface area contributed by atoms with Gasteiger partial charge in [0.05, 0.1) is 7.11 Å². The van der Waals surface area contributed by atoms with Gasteiger partial charge in [-0.25, -0.2) is 0 Å². The van der Waals surface area contributed by atoms with Crippen molar-refractivity contribution in [3.05, 3.63) is 29.8 Å². The number of benzene rings is 1. The highest BCUT2D eigenvalue weighted by Gasteiger charge is 1.99. The van der Waals surface area contributed by atoms with Gasteiger partial charge in [-0.3, -0.25) is 0 Å². The molecule has 0 fully saturated rings. The highest BCUT2D eigenvalue weighted by atomic mass is 32.1. The molecule has 0 radical (unpaired) electrons. The Hall–Kier alpha value is -1.09. The predicted molar refractivity (Wildman–Crippen MR) is 57.5 cm³/mol. The second-order valence-electron chi connectivity index (χ2n) is 2.52. The molecule has 1 N–H and O–H groups in total. The molecule has 0 unspecified atom stereocenters. The Morgan fingerprint density at radius 3 is 2.85 bits per heavy atom. The molecular weight excluding hydrogens is 184 g/mol. The van der Waals surface area contributed by atoms with Gasteiger partial charge in [0.25, 0.3) is 0 Å². The van der Waals surface area contributed by atoms with E-state index < -0.39 is 0 Å². The summed E-state index contributed by atoms with van der Waals surface area (Å²) in [7, 11) is 1.53. The van der Waals surface area contributed by atoms with Gasteiger partial charge < -0.3 is 9.84 Å². The fourth-order valence-corrected chi connectivity index (χ4v) is 1.10. The summed E-state index contributed by atoms with van der Waals surface area (Å²) < 4.78 is 4.92. The second kappa shape index (κ2) is 4.82. The van der Waals surface area contributed by atoms with E-state index in [1.54, 1.807) is 12.1 Å². The minimum atomic E-state index is 0.156. The SMILES string of the molecule is COc1ccc(C=CCS)cc1O. The zero-order valence-electron chi connectivity index (χ0n) is 7.40. The van der Waals surface area contributed by atoms with Crippen LogP contribution in [0.3, 0.4) is 0 Å². The number of phenols is 1. The van der Waals surface area contributed by atoms with Crippen LogP contribution in [0.5, 0.6) is 11.5 Å². The van der Waals surface area contributed by atoms with Gasteiger partial charge in [0.15, 0.2) is 11.5 Å². The molecule has 1 aromatic carbocycles. The van der Waals surface area contributed by atoms with Crippen LogP contribution in [0.15, 0.2) is 24.3 Å². The molecule has 0 spiro atoms. The molecule has 13 heavy (non-hydrogen) atoms. The zero-order chi connectivity index (χ0) is 9.68. The molecule has 0 saturated carbocycles. The molecule has 0 aliphatic carbocycles. The Kier molecular flexibility index (Phi) is 3.71. The molecule has 0 aliphatic heterocycles. The summed E-state index contributed by atoms with van der Waals surface area (Å²) >= 11 is 4.04. The molecule has 0 heterocycles. The van der Waals surface area contributed by atoms with Crippen LogP contribution in [-0.2, 0) is 0 Å². The smallest absolute Gasteiger partial charge is 0.160 e. The van der Waals surface area contributed by atoms with Crippen LogP contribution in [0.1, 0.15) is 5.56 Å². The van der Waals surface area contributed by atoms with Crippen LogP contribution in [-0.4, -0.2) is 18.0 Å². The molecule has 70 valence electrons. The van der Waals surface area contributed by atoms with Crippen LogP contribution in [0.25, 0.3) is 6.08 Å². The maximum absolute atomic E-state index is 9.41. The number of phenolic OH excluding ortho intramolecular Hbond substituents is 1. The maximum Gasteiger partial charge on any atom is 0.160 e. The van der Waals surface area contributed by atoms with Gasteiger partial charge in [-0.05, 0) is 17.7 Å². The van der Waals surface area contributed by atoms with Crippen LogP contribution >= 0.6 is 12.6 Å². The lowest BCUT2D eigenvalue weighted by Crippen LogP contribution is -1.83. The Balaban J connectivity index is 2.89. The summed E-state index contributed by atoms with van der Waals surface area (Å²) in [6, 6.07) is 5.25. The van der Waals surface area contributed by atoms with E-state index in [0.29, 0.717) is 11.5 Å². The quantitative estimate of drug-likeness (QED) is 0.727. The Morgan fingerprint density at radius 2 is 2.31 bits per heavy atom. The van der Waals surface area contributed by atoms with Crippen molar-refractivity contribution in [1.82, 2.24) is 0 Å². The van der Waals surface area contributed by atoms with Crippen molar-refractivity contribution in [1.29, 1.82) is 0 Å². The number of methoxy groups -OCH3 is 1. The number of hydrogen-bond acceptors (Lipinski definition) is 3. The zero-order valence-corrected chi connectivity index (χ0v) is 8.29. The van der Waals surface area contributed by atoms with E-state index in [9.17, 15) is 5.11 Å². The Bertz CT molecular complexity index is 308. The van der Waals surface area contributed by atoms with E-state index in [0.717, 1.165) is 5.56 Å². The molecule has 0 aliphatic rings. The molecular formula is C10H12O2S. The van der Waals surface area contributed by atoms with Gasteiger partial charge in [0.2, 0.25) is 0 Å². The van der Waals surface area contributed by atoms with Gasteiger partial charge in [-0.15, -0.1) is 0 Å². The fourth-order valence-electron chi connectivity index (χ4n) is 0.999. The van der Waals surface area contributed by atoms with Crippen LogP contribution in [0, 0.1) is 0 Å². The highest BCUT2D eigenvalue weighted by Crippen LogP contribution is 2.26. The third-order valence-electron chi connectivity index (χ3n) is 1.62. The Morgan fingerprint density at radius 1 is 1.54 bits per heavy atom. The molecule has 0 atom stereocenters. The molecule has 0 aromatic heterocycles. The Labute approximate surface area is 83.3 Å². The average Bonchev–Trinajstić information content (AvgIpc) is 2.15. The van der Waals surface area contributed by atoms with Gasteiger partial charge >= 0.3 is 0 Å². The topological polar surface area (TPSA) is 29.5 Å². The lowest BCUT2D eigenvalue weighted by atomic mass is 10.2. The van der Waals surface area contributed by atoms with E-state index >= 15 is 0 Å². The van der Waals surface area contributed by atoms with Crippen molar-refractivity contribution < 1.29 is 9.84 Å². The first-order valence-corrected chi connectivity index (χ1v) is 4.55. The number of rotatable bonds is 3. The molecule has 3 heteroatoms. The minimum Gasteiger partial charge on any atom is -0.504 e. The van der Waals surface area contributed by atoms with Crippen molar-refractivity contribution in [3.63, 3.8) is 0 Å². The van der Waals surface area contributed by atoms with Gasteiger partial charge in [-0.2, -0.15) is 12.6 Å². The van der Waals surface area contributed by atoms with Crippen molar-refractivity contribution >= 4 is 18.7 Å². The predicted octanol–water partition coefficient (Wildman–Crippen LogP) is 2.34. The summed E-state index contributed by atoms with van der Waals surface area (Å²) in [4.78, 5) is 0. The monoisotopic (exact) mass is 196 g/mol. The molecule has 0 saturated heterocycles. The lowest BCUT2D eigenvalue weighted by Gasteiger charge is -2.02. The van der Waals surface area contributed by atoms with E-state index in [2.05, 4.69) is 12.6 Å². The van der Waals surface area contributed by atoms with Gasteiger partial charge in [0.1, 0.15) is 0 Å². The lowest BCUT2D eigenvalue weighted by molar-refractivity contribution is 0.373. The standard InChI is InChI=1S/C10H12O2S/c1-12-10-5-4-8(3-2-6-13)7-9(10)11/h2-5,7,11,13H,6H2,1H3. The first-order valence-electron chi connectivity index (χ1n) is 3.92. The maximum atomic E-state index is 9.41. The fraction of sp³-hybridized carbons (Fsp3) is 0.200. The normalized spacial score (nSPS) is 10.6. The summed E-state index contributed by atoms with van der Waals surface area (Å²) in [6.07, 6.45) is 3.80. The largest absolute Gasteiger partial charge is 0.504 e. The van der Waals surface area contributed by atoms with Crippen molar-refractivity contribution in [2.45, 2.75) is 0 Å². The van der Waals surface area contributed by atoms with Gasteiger partial charge in [-0.1, -0.05) is 18.2 Å². The molecule has 2 nitrogen and oxygen atoms in total. The van der Waals surface area contributed by atoms with Crippen molar-refractivity contribution in [2.75, 3.05) is 12.9 Å². The van der Waals surface area contributed by atoms with E-state index in [1.807, 2.05) is 18.2 Å². The first-order chi connectivity index (χ1) is 6.27. The molecule has 0 bridgehead atoms. The van der Waals surface area contributed by atoms with Crippen LogP contribution in [0.4, 0.5) is 0 Å². The van der Waals surface area contributed by atoms with Crippen molar-refractivity contribution in [2.24, 2.45) is 0 Å². The molecule has 1 rings (SSSR count). The van der Waals surface area contributed by atoms with Gasteiger partial charge in [0, 0.05) is 5.75 Å². The minimum absolute atomic E-state index is 0.156. The highest BCUT2D eigenvalue weighted by molar-refractivity contribution is 7.80. The van der Waals surface area contributed by atoms with Crippen molar-refractivity contribution in [3.8, 4) is 11.5 Å². The van der Waals surface area contributed by atoms with E-state index in [-0.39, 0.29) is 5.75 Å². The van der Waals surface area contributed by atoms with Crippen LogP contribution < -0.4 is 4.74 Å². The number of thiol groups is 1.